The van der Waals surface area contributed by atoms with Crippen LogP contribution in [0, 0.1) is 0 Å². The maximum Gasteiger partial charge on any atom is 0.322 e. The Hall–Kier alpha value is -1.49. The number of carbonyl (C=O) groups is 1. The zero-order valence-electron chi connectivity index (χ0n) is 9.53. The first-order valence-corrected chi connectivity index (χ1v) is 5.24. The lowest BCUT2D eigenvalue weighted by Crippen LogP contribution is -2.33. The van der Waals surface area contributed by atoms with E-state index in [0.29, 0.717) is 0 Å². The number of alkyl halides is 2. The van der Waals surface area contributed by atoms with Gasteiger partial charge in [0, 0.05) is 12.0 Å². The predicted molar refractivity (Wildman–Crippen MR) is 59.6 cm³/mol. The Morgan fingerprint density at radius 1 is 1.41 bits per heavy atom. The highest BCUT2D eigenvalue weighted by molar-refractivity contribution is 5.75. The molecule has 0 saturated heterocycles. The van der Waals surface area contributed by atoms with Gasteiger partial charge in [-0.3, -0.25) is 4.79 Å². The first-order valence-electron chi connectivity index (χ1n) is 5.24. The highest BCUT2D eigenvalue weighted by atomic mass is 19.3. The molecule has 0 saturated carbocycles. The van der Waals surface area contributed by atoms with E-state index in [9.17, 15) is 13.6 Å². The van der Waals surface area contributed by atoms with Gasteiger partial charge in [0.05, 0.1) is 7.11 Å². The average molecular weight is 243 g/mol. The van der Waals surface area contributed by atoms with Crippen LogP contribution >= 0.6 is 0 Å². The summed E-state index contributed by atoms with van der Waals surface area (Å²) < 4.78 is 31.7. The lowest BCUT2D eigenvalue weighted by Gasteiger charge is -2.18. The van der Waals surface area contributed by atoms with Crippen LogP contribution < -0.4 is 5.73 Å². The van der Waals surface area contributed by atoms with Crippen molar-refractivity contribution in [2.24, 2.45) is 5.73 Å². The number of hydrogen-bond donors (Lipinski definition) is 1. The summed E-state index contributed by atoms with van der Waals surface area (Å²) in [6.07, 6.45) is -0.595. The summed E-state index contributed by atoms with van der Waals surface area (Å²) in [5.41, 5.74) is 5.33. The second kappa shape index (κ2) is 5.72. The Balaban J connectivity index is 2.59. The fourth-order valence-electron chi connectivity index (χ4n) is 1.43. The van der Waals surface area contributed by atoms with E-state index in [0.717, 1.165) is 0 Å². The molecule has 94 valence electrons. The molecule has 17 heavy (non-hydrogen) atoms. The Bertz CT molecular complexity index is 368. The van der Waals surface area contributed by atoms with Gasteiger partial charge >= 0.3 is 5.97 Å². The normalized spacial score (nSPS) is 13.2. The molecule has 1 rings (SSSR count). The molecule has 1 atom stereocenters. The van der Waals surface area contributed by atoms with Gasteiger partial charge in [-0.25, -0.2) is 8.78 Å². The predicted octanol–water partition coefficient (Wildman–Crippen LogP) is 2.06. The van der Waals surface area contributed by atoms with Crippen molar-refractivity contribution in [2.45, 2.75) is 24.8 Å². The highest BCUT2D eigenvalue weighted by Crippen LogP contribution is 2.32. The van der Waals surface area contributed by atoms with E-state index in [1.165, 1.54) is 19.2 Å². The minimum atomic E-state index is -2.98. The summed E-state index contributed by atoms with van der Waals surface area (Å²) in [6, 6.07) is 6.45. The molecular formula is C12H15F2NO2. The fraction of sp³-hybridized carbons (Fsp3) is 0.417. The Morgan fingerprint density at radius 2 is 2.00 bits per heavy atom. The van der Waals surface area contributed by atoms with E-state index in [4.69, 9.17) is 5.73 Å². The molecule has 5 heteroatoms. The Labute approximate surface area is 98.6 Å². The maximum absolute atomic E-state index is 13.7. The van der Waals surface area contributed by atoms with Crippen LogP contribution in [0.5, 0.6) is 0 Å². The molecule has 0 aromatic heterocycles. The van der Waals surface area contributed by atoms with E-state index < -0.39 is 24.4 Å². The first kappa shape index (κ1) is 13.6. The summed E-state index contributed by atoms with van der Waals surface area (Å²) in [5, 5.41) is 0. The van der Waals surface area contributed by atoms with Gasteiger partial charge in [-0.1, -0.05) is 30.3 Å². The van der Waals surface area contributed by atoms with Crippen molar-refractivity contribution in [1.29, 1.82) is 0 Å². The highest BCUT2D eigenvalue weighted by Gasteiger charge is 2.32. The summed E-state index contributed by atoms with van der Waals surface area (Å²) >= 11 is 0. The fourth-order valence-corrected chi connectivity index (χ4v) is 1.43. The van der Waals surface area contributed by atoms with E-state index in [-0.39, 0.29) is 12.0 Å². The molecule has 2 N–H and O–H groups in total. The van der Waals surface area contributed by atoms with E-state index in [1.54, 1.807) is 18.2 Å². The van der Waals surface area contributed by atoms with E-state index in [1.807, 2.05) is 0 Å². The summed E-state index contributed by atoms with van der Waals surface area (Å²) in [6.45, 7) is 0. The molecule has 0 bridgehead atoms. The summed E-state index contributed by atoms with van der Waals surface area (Å²) in [7, 11) is 1.18. The number of methoxy groups -OCH3 is 1. The van der Waals surface area contributed by atoms with Crippen LogP contribution in [0.4, 0.5) is 8.78 Å². The van der Waals surface area contributed by atoms with Crippen molar-refractivity contribution in [3.05, 3.63) is 35.9 Å². The largest absolute Gasteiger partial charge is 0.468 e. The van der Waals surface area contributed by atoms with Gasteiger partial charge in [0.25, 0.3) is 5.92 Å². The summed E-state index contributed by atoms with van der Waals surface area (Å²) in [4.78, 5) is 11.0. The van der Waals surface area contributed by atoms with Crippen molar-refractivity contribution < 1.29 is 18.3 Å². The third-order valence-electron chi connectivity index (χ3n) is 2.47. The smallest absolute Gasteiger partial charge is 0.322 e. The van der Waals surface area contributed by atoms with Gasteiger partial charge in [-0.05, 0) is 6.42 Å². The third kappa shape index (κ3) is 3.78. The maximum atomic E-state index is 13.7. The van der Waals surface area contributed by atoms with Gasteiger partial charge < -0.3 is 10.5 Å². The zero-order valence-corrected chi connectivity index (χ0v) is 9.53. The number of nitrogens with two attached hydrogens (primary N) is 1. The SMILES string of the molecule is COC(=O)[C@@H](N)CCC(F)(F)c1ccccc1. The quantitative estimate of drug-likeness (QED) is 0.805. The van der Waals surface area contributed by atoms with E-state index in [2.05, 4.69) is 4.74 Å². The molecular weight excluding hydrogens is 228 g/mol. The standard InChI is InChI=1S/C12H15F2NO2/c1-17-11(16)10(15)7-8-12(13,14)9-5-3-2-4-6-9/h2-6,10H,7-8,15H2,1H3/t10-/m0/s1. The third-order valence-corrected chi connectivity index (χ3v) is 2.47. The molecule has 3 nitrogen and oxygen atoms in total. The van der Waals surface area contributed by atoms with Gasteiger partial charge in [0.2, 0.25) is 0 Å². The van der Waals surface area contributed by atoms with Crippen LogP contribution in [-0.4, -0.2) is 19.1 Å². The van der Waals surface area contributed by atoms with Crippen LogP contribution in [0.25, 0.3) is 0 Å². The number of ether oxygens (including phenoxy) is 1. The molecule has 1 aromatic rings. The van der Waals surface area contributed by atoms with Gasteiger partial charge in [-0.15, -0.1) is 0 Å². The molecule has 0 aliphatic heterocycles. The van der Waals surface area contributed by atoms with Crippen molar-refractivity contribution in [2.75, 3.05) is 7.11 Å². The summed E-state index contributed by atoms with van der Waals surface area (Å²) in [5.74, 6) is -3.65. The minimum Gasteiger partial charge on any atom is -0.468 e. The van der Waals surface area contributed by atoms with Crippen LogP contribution in [0.3, 0.4) is 0 Å². The van der Waals surface area contributed by atoms with Crippen LogP contribution in [0.1, 0.15) is 18.4 Å². The Kier molecular flexibility index (Phi) is 4.57. The molecule has 0 spiro atoms. The van der Waals surface area contributed by atoms with Crippen LogP contribution in [0.15, 0.2) is 30.3 Å². The number of benzene rings is 1. The number of hydrogen-bond acceptors (Lipinski definition) is 3. The second-order valence-electron chi connectivity index (χ2n) is 3.74. The number of esters is 1. The van der Waals surface area contributed by atoms with Crippen LogP contribution in [0.2, 0.25) is 0 Å². The number of carbonyl (C=O) groups excluding carboxylic acids is 1. The zero-order chi connectivity index (χ0) is 12.9. The average Bonchev–Trinajstić information content (AvgIpc) is 2.36. The van der Waals surface area contributed by atoms with Gasteiger partial charge in [0.1, 0.15) is 6.04 Å². The monoisotopic (exact) mass is 243 g/mol. The second-order valence-corrected chi connectivity index (χ2v) is 3.74. The van der Waals surface area contributed by atoms with Gasteiger partial charge in [0.15, 0.2) is 0 Å². The molecule has 0 fully saturated rings. The first-order chi connectivity index (χ1) is 7.97. The van der Waals surface area contributed by atoms with Crippen molar-refractivity contribution in [3.63, 3.8) is 0 Å². The van der Waals surface area contributed by atoms with Gasteiger partial charge in [-0.2, -0.15) is 0 Å². The van der Waals surface area contributed by atoms with Crippen molar-refractivity contribution in [1.82, 2.24) is 0 Å². The molecule has 0 amide bonds. The number of rotatable bonds is 5. The van der Waals surface area contributed by atoms with E-state index >= 15 is 0 Å². The number of halogens is 2. The molecule has 0 unspecified atom stereocenters. The van der Waals surface area contributed by atoms with Crippen molar-refractivity contribution >= 4 is 5.97 Å². The topological polar surface area (TPSA) is 52.3 Å². The van der Waals surface area contributed by atoms with Crippen LogP contribution in [-0.2, 0) is 15.5 Å². The lowest BCUT2D eigenvalue weighted by atomic mass is 10.0. The minimum absolute atomic E-state index is 0.0722. The molecule has 0 aliphatic carbocycles. The Morgan fingerprint density at radius 3 is 2.53 bits per heavy atom. The molecule has 0 aliphatic rings. The lowest BCUT2D eigenvalue weighted by molar-refractivity contribution is -0.142. The molecule has 1 aromatic carbocycles. The molecule has 0 radical (unpaired) electrons. The molecule has 0 heterocycles. The van der Waals surface area contributed by atoms with Crippen molar-refractivity contribution in [3.8, 4) is 0 Å².